The van der Waals surface area contributed by atoms with Gasteiger partial charge in [0.2, 0.25) is 0 Å². The summed E-state index contributed by atoms with van der Waals surface area (Å²) in [6, 6.07) is 24.5. The molecule has 1 atom stereocenters. The van der Waals surface area contributed by atoms with Gasteiger partial charge in [-0.2, -0.15) is 5.10 Å². The van der Waals surface area contributed by atoms with Crippen molar-refractivity contribution in [1.82, 2.24) is 19.7 Å². The molecule has 0 aliphatic rings. The Morgan fingerprint density at radius 1 is 0.846 bits per heavy atom. The number of pyridine rings is 2. The Morgan fingerprint density at radius 2 is 1.62 bits per heavy atom. The van der Waals surface area contributed by atoms with Crippen molar-refractivity contribution in [2.45, 2.75) is 12.0 Å². The minimum absolute atomic E-state index is 0.317. The van der Waals surface area contributed by atoms with E-state index < -0.39 is 11.4 Å². The molecule has 0 saturated carbocycles. The maximum Gasteiger partial charge on any atom is 0.142 e. The van der Waals surface area contributed by atoms with Crippen molar-refractivity contribution in [1.29, 1.82) is 0 Å². The molecule has 8 heteroatoms. The summed E-state index contributed by atoms with van der Waals surface area (Å²) in [5.41, 5.74) is 3.18. The van der Waals surface area contributed by atoms with Crippen LogP contribution in [0.4, 0.5) is 4.39 Å². The minimum Gasteiger partial charge on any atom is -0.376 e. The molecule has 0 aliphatic carbocycles. The Bertz CT molecular complexity index is 1760. The Morgan fingerprint density at radius 3 is 2.31 bits per heavy atom. The number of aromatic nitrogens is 4. The maximum absolute atomic E-state index is 13.8. The van der Waals surface area contributed by atoms with Gasteiger partial charge in [0.15, 0.2) is 0 Å². The van der Waals surface area contributed by atoms with Crippen molar-refractivity contribution in [2.75, 3.05) is 0 Å². The molecule has 39 heavy (non-hydrogen) atoms. The molecule has 1 N–H and O–H groups in total. The molecule has 192 valence electrons. The summed E-state index contributed by atoms with van der Waals surface area (Å²) in [6.45, 7) is 0. The van der Waals surface area contributed by atoms with Crippen LogP contribution in [-0.2, 0) is 12.0 Å². The van der Waals surface area contributed by atoms with E-state index in [1.165, 1.54) is 12.1 Å². The van der Waals surface area contributed by atoms with Crippen LogP contribution in [0.25, 0.3) is 16.6 Å². The van der Waals surface area contributed by atoms with Gasteiger partial charge in [-0.3, -0.25) is 4.98 Å². The van der Waals surface area contributed by atoms with Crippen LogP contribution in [0.1, 0.15) is 27.8 Å². The van der Waals surface area contributed by atoms with Crippen molar-refractivity contribution < 1.29 is 9.50 Å². The molecule has 6 aromatic rings. The first kappa shape index (κ1) is 25.2. The molecule has 3 aromatic heterocycles. The Labute approximate surface area is 234 Å². The van der Waals surface area contributed by atoms with E-state index in [1.54, 1.807) is 59.7 Å². The largest absolute Gasteiger partial charge is 0.376 e. The van der Waals surface area contributed by atoms with Crippen molar-refractivity contribution in [2.24, 2.45) is 0 Å². The minimum atomic E-state index is -1.61. The van der Waals surface area contributed by atoms with Gasteiger partial charge in [0.25, 0.3) is 0 Å². The lowest BCUT2D eigenvalue weighted by Gasteiger charge is -2.30. The van der Waals surface area contributed by atoms with Crippen LogP contribution < -0.4 is 0 Å². The number of halogens is 3. The Kier molecular flexibility index (Phi) is 6.61. The van der Waals surface area contributed by atoms with E-state index in [0.29, 0.717) is 49.8 Å². The van der Waals surface area contributed by atoms with E-state index >= 15 is 0 Å². The van der Waals surface area contributed by atoms with Gasteiger partial charge in [-0.25, -0.2) is 14.1 Å². The van der Waals surface area contributed by atoms with E-state index in [-0.39, 0.29) is 0 Å². The number of nitrogens with zero attached hydrogens (tertiary/aromatic N) is 4. The Hall–Kier alpha value is -4.10. The van der Waals surface area contributed by atoms with Crippen LogP contribution in [0, 0.1) is 5.82 Å². The number of aliphatic hydroxyl groups is 1. The van der Waals surface area contributed by atoms with Crippen LogP contribution in [0.3, 0.4) is 0 Å². The maximum atomic E-state index is 13.8. The summed E-state index contributed by atoms with van der Waals surface area (Å²) in [4.78, 5) is 8.79. The third-order valence-corrected chi connectivity index (χ3v) is 7.56. The molecule has 0 radical (unpaired) electrons. The molecule has 0 aliphatic heterocycles. The summed E-state index contributed by atoms with van der Waals surface area (Å²) >= 11 is 13.6. The zero-order chi connectivity index (χ0) is 27.0. The molecule has 0 spiro atoms. The predicted octanol–water partition coefficient (Wildman–Crippen LogP) is 7.14. The second-order valence-electron chi connectivity index (χ2n) is 9.18. The molecule has 0 saturated heterocycles. The fourth-order valence-corrected chi connectivity index (χ4v) is 5.38. The van der Waals surface area contributed by atoms with Gasteiger partial charge in [0.05, 0.1) is 16.2 Å². The second kappa shape index (κ2) is 10.2. The average Bonchev–Trinajstić information content (AvgIpc) is 3.51. The molecule has 3 heterocycles. The van der Waals surface area contributed by atoms with Gasteiger partial charge in [-0.1, -0.05) is 59.6 Å². The quantitative estimate of drug-likeness (QED) is 0.222. The number of rotatable bonds is 6. The highest BCUT2D eigenvalue weighted by atomic mass is 35.5. The molecule has 1 unspecified atom stereocenters. The molecule has 0 amide bonds. The van der Waals surface area contributed by atoms with E-state index in [2.05, 4.69) is 15.1 Å². The highest BCUT2D eigenvalue weighted by Crippen LogP contribution is 2.40. The molecule has 0 fully saturated rings. The topological polar surface area (TPSA) is 63.8 Å². The SMILES string of the molecule is OC(c1ccc(F)cc1)(c1cccnc1)c1ccc2nc(Cl)c(Cc3ccc(-n4cccn4)cc3)c(Cl)c2c1. The fraction of sp³-hybridized carbons (Fsp3) is 0.0645. The lowest BCUT2D eigenvalue weighted by molar-refractivity contribution is 0.125. The zero-order valence-corrected chi connectivity index (χ0v) is 22.0. The summed E-state index contributed by atoms with van der Waals surface area (Å²) in [7, 11) is 0. The first-order valence-corrected chi connectivity index (χ1v) is 12.9. The zero-order valence-electron chi connectivity index (χ0n) is 20.5. The summed E-state index contributed by atoms with van der Waals surface area (Å²) in [5.74, 6) is -0.394. The van der Waals surface area contributed by atoms with Crippen molar-refractivity contribution in [3.8, 4) is 5.69 Å². The predicted molar refractivity (Wildman–Crippen MR) is 151 cm³/mol. The van der Waals surface area contributed by atoms with Crippen molar-refractivity contribution >= 4 is 34.1 Å². The molecule has 0 bridgehead atoms. The second-order valence-corrected chi connectivity index (χ2v) is 9.92. The lowest BCUT2D eigenvalue weighted by atomic mass is 9.80. The monoisotopic (exact) mass is 554 g/mol. The number of benzene rings is 3. The number of hydrogen-bond donors (Lipinski definition) is 1. The molecule has 6 rings (SSSR count). The van der Waals surface area contributed by atoms with Gasteiger partial charge in [0.1, 0.15) is 16.6 Å². The summed E-state index contributed by atoms with van der Waals surface area (Å²) in [5, 5.41) is 17.8. The smallest absolute Gasteiger partial charge is 0.142 e. The third-order valence-electron chi connectivity index (χ3n) is 6.81. The van der Waals surface area contributed by atoms with Crippen molar-refractivity contribution in [3.05, 3.63) is 154 Å². The number of fused-ring (bicyclic) bond motifs is 1. The highest BCUT2D eigenvalue weighted by Gasteiger charge is 2.34. The highest BCUT2D eigenvalue weighted by molar-refractivity contribution is 6.39. The lowest BCUT2D eigenvalue weighted by Crippen LogP contribution is -2.29. The van der Waals surface area contributed by atoms with E-state index in [0.717, 1.165) is 11.3 Å². The summed E-state index contributed by atoms with van der Waals surface area (Å²) in [6.07, 6.45) is 7.30. The van der Waals surface area contributed by atoms with Crippen LogP contribution in [0.2, 0.25) is 10.2 Å². The molecular formula is C31H21Cl2FN4O. The molecule has 5 nitrogen and oxygen atoms in total. The average molecular weight is 555 g/mol. The number of hydrogen-bond acceptors (Lipinski definition) is 4. The molecule has 3 aromatic carbocycles. The van der Waals surface area contributed by atoms with Crippen LogP contribution in [0.15, 0.2) is 110 Å². The van der Waals surface area contributed by atoms with Crippen molar-refractivity contribution in [3.63, 3.8) is 0 Å². The standard InChI is InChI=1S/C31H21Cl2FN4O/c32-29-26-18-22(31(39,23-3-1-14-35-19-23)21-6-9-24(34)10-7-21)8-13-28(26)37-30(33)27(29)17-20-4-11-25(12-5-20)38-16-2-15-36-38/h1-16,18-19,39H,17H2. The Balaban J connectivity index is 1.44. The molecular weight excluding hydrogens is 534 g/mol. The van der Waals surface area contributed by atoms with Gasteiger partial charge >= 0.3 is 0 Å². The van der Waals surface area contributed by atoms with Gasteiger partial charge in [0, 0.05) is 47.7 Å². The first-order chi connectivity index (χ1) is 18.9. The summed E-state index contributed by atoms with van der Waals surface area (Å²) < 4.78 is 15.5. The van der Waals surface area contributed by atoms with Gasteiger partial charge in [-0.15, -0.1) is 0 Å². The van der Waals surface area contributed by atoms with E-state index in [9.17, 15) is 9.50 Å². The first-order valence-electron chi connectivity index (χ1n) is 12.2. The van der Waals surface area contributed by atoms with Crippen LogP contribution in [-0.4, -0.2) is 24.9 Å². The fourth-order valence-electron chi connectivity index (χ4n) is 4.77. The normalized spacial score (nSPS) is 12.9. The van der Waals surface area contributed by atoms with Gasteiger partial charge in [-0.05, 0) is 65.2 Å². The third kappa shape index (κ3) is 4.68. The van der Waals surface area contributed by atoms with Crippen LogP contribution >= 0.6 is 23.2 Å². The van der Waals surface area contributed by atoms with E-state index in [4.69, 9.17) is 23.2 Å². The van der Waals surface area contributed by atoms with Crippen LogP contribution in [0.5, 0.6) is 0 Å². The van der Waals surface area contributed by atoms with Gasteiger partial charge < -0.3 is 5.11 Å². The van der Waals surface area contributed by atoms with E-state index in [1.807, 2.05) is 42.6 Å².